The van der Waals surface area contributed by atoms with Gasteiger partial charge >= 0.3 is 5.69 Å². The minimum atomic E-state index is -0.839. The molecule has 0 aromatic heterocycles. The van der Waals surface area contributed by atoms with Crippen LogP contribution in [0.25, 0.3) is 0 Å². The van der Waals surface area contributed by atoms with Gasteiger partial charge in [0.1, 0.15) is 5.69 Å². The molecule has 0 radical (unpaired) electrons. The molecular formula is C13H19FN2O3. The lowest BCUT2D eigenvalue weighted by Crippen LogP contribution is -2.31. The van der Waals surface area contributed by atoms with Gasteiger partial charge in [0.05, 0.1) is 17.6 Å². The Hall–Kier alpha value is -1.69. The number of nitro groups is 1. The van der Waals surface area contributed by atoms with Gasteiger partial charge in [0, 0.05) is 6.61 Å². The molecule has 1 N–H and O–H groups in total. The fourth-order valence-corrected chi connectivity index (χ4v) is 1.66. The van der Waals surface area contributed by atoms with Gasteiger partial charge < -0.3 is 10.1 Å². The van der Waals surface area contributed by atoms with E-state index in [4.69, 9.17) is 4.74 Å². The van der Waals surface area contributed by atoms with E-state index in [1.807, 2.05) is 20.8 Å². The van der Waals surface area contributed by atoms with Gasteiger partial charge in [0.2, 0.25) is 5.82 Å². The quantitative estimate of drug-likeness (QED) is 0.610. The zero-order chi connectivity index (χ0) is 14.4. The van der Waals surface area contributed by atoms with Gasteiger partial charge in [-0.3, -0.25) is 10.1 Å². The maximum absolute atomic E-state index is 13.5. The monoisotopic (exact) mass is 270 g/mol. The molecular weight excluding hydrogens is 251 g/mol. The van der Waals surface area contributed by atoms with Crippen molar-refractivity contribution in [3.05, 3.63) is 34.1 Å². The molecule has 1 unspecified atom stereocenters. The molecule has 1 aromatic carbocycles. The number of benzene rings is 1. The number of hydrogen-bond donors (Lipinski definition) is 1. The van der Waals surface area contributed by atoms with E-state index in [-0.39, 0.29) is 17.6 Å². The van der Waals surface area contributed by atoms with Crippen LogP contribution in [0.1, 0.15) is 20.8 Å². The van der Waals surface area contributed by atoms with E-state index in [1.54, 1.807) is 0 Å². The van der Waals surface area contributed by atoms with E-state index < -0.39 is 16.4 Å². The van der Waals surface area contributed by atoms with Crippen molar-refractivity contribution in [2.24, 2.45) is 5.92 Å². The van der Waals surface area contributed by atoms with Gasteiger partial charge in [0.15, 0.2) is 0 Å². The Bertz CT molecular complexity index is 438. The second-order valence-electron chi connectivity index (χ2n) is 4.55. The molecule has 0 fully saturated rings. The summed E-state index contributed by atoms with van der Waals surface area (Å²) in [5.74, 6) is -0.636. The molecule has 0 amide bonds. The number of para-hydroxylation sites is 1. The molecule has 6 heteroatoms. The third kappa shape index (κ3) is 4.17. The van der Waals surface area contributed by atoms with Crippen LogP contribution in [0.3, 0.4) is 0 Å². The smallest absolute Gasteiger partial charge is 0.327 e. The fourth-order valence-electron chi connectivity index (χ4n) is 1.66. The van der Waals surface area contributed by atoms with E-state index in [0.717, 1.165) is 6.07 Å². The van der Waals surface area contributed by atoms with Crippen LogP contribution in [0, 0.1) is 21.8 Å². The first-order valence-corrected chi connectivity index (χ1v) is 6.24. The van der Waals surface area contributed by atoms with Gasteiger partial charge in [-0.25, -0.2) is 0 Å². The van der Waals surface area contributed by atoms with Crippen molar-refractivity contribution < 1.29 is 14.1 Å². The van der Waals surface area contributed by atoms with Crippen molar-refractivity contribution in [1.29, 1.82) is 0 Å². The third-order valence-electron chi connectivity index (χ3n) is 2.82. The summed E-state index contributed by atoms with van der Waals surface area (Å²) in [6.45, 7) is 6.81. The summed E-state index contributed by atoms with van der Waals surface area (Å²) in [6, 6.07) is 3.92. The van der Waals surface area contributed by atoms with Crippen molar-refractivity contribution in [1.82, 2.24) is 0 Å². The predicted molar refractivity (Wildman–Crippen MR) is 71.8 cm³/mol. The first-order valence-electron chi connectivity index (χ1n) is 6.24. The van der Waals surface area contributed by atoms with Crippen molar-refractivity contribution in [2.45, 2.75) is 26.8 Å². The molecule has 0 spiro atoms. The van der Waals surface area contributed by atoms with E-state index in [2.05, 4.69) is 5.32 Å². The van der Waals surface area contributed by atoms with Crippen LogP contribution in [-0.2, 0) is 4.74 Å². The number of anilines is 1. The average molecular weight is 270 g/mol. The van der Waals surface area contributed by atoms with Crippen molar-refractivity contribution in [2.75, 3.05) is 18.5 Å². The van der Waals surface area contributed by atoms with Crippen LogP contribution in [0.15, 0.2) is 18.2 Å². The summed E-state index contributed by atoms with van der Waals surface area (Å²) in [5.41, 5.74) is -0.340. The molecule has 106 valence electrons. The topological polar surface area (TPSA) is 64.4 Å². The third-order valence-corrected chi connectivity index (χ3v) is 2.82. The number of nitro benzene ring substituents is 1. The number of nitrogens with zero attached hydrogens (tertiary/aromatic N) is 1. The van der Waals surface area contributed by atoms with Crippen LogP contribution in [0.2, 0.25) is 0 Å². The molecule has 1 atom stereocenters. The molecule has 0 aliphatic heterocycles. The molecule has 19 heavy (non-hydrogen) atoms. The number of ether oxygens (including phenoxy) is 1. The largest absolute Gasteiger partial charge is 0.380 e. The Kier molecular flexibility index (Phi) is 5.69. The fraction of sp³-hybridized carbons (Fsp3) is 0.538. The molecule has 5 nitrogen and oxygen atoms in total. The molecule has 0 saturated carbocycles. The number of rotatable bonds is 7. The second kappa shape index (κ2) is 7.04. The molecule has 0 bridgehead atoms. The number of halogens is 1. The summed E-state index contributed by atoms with van der Waals surface area (Å²) in [4.78, 5) is 10.2. The van der Waals surface area contributed by atoms with Crippen LogP contribution in [0.5, 0.6) is 0 Å². The highest BCUT2D eigenvalue weighted by Crippen LogP contribution is 2.28. The van der Waals surface area contributed by atoms with Crippen LogP contribution in [0.4, 0.5) is 15.8 Å². The van der Waals surface area contributed by atoms with Gasteiger partial charge in [-0.1, -0.05) is 19.9 Å². The normalized spacial score (nSPS) is 12.5. The second-order valence-corrected chi connectivity index (χ2v) is 4.55. The maximum Gasteiger partial charge on any atom is 0.327 e. The summed E-state index contributed by atoms with van der Waals surface area (Å²) >= 11 is 0. The Labute approximate surface area is 111 Å². The van der Waals surface area contributed by atoms with E-state index >= 15 is 0 Å². The average Bonchev–Trinajstić information content (AvgIpc) is 2.33. The van der Waals surface area contributed by atoms with E-state index in [1.165, 1.54) is 12.1 Å². The van der Waals surface area contributed by atoms with Crippen molar-refractivity contribution >= 4 is 11.4 Å². The molecule has 0 saturated heterocycles. The summed E-state index contributed by atoms with van der Waals surface area (Å²) in [6.07, 6.45) is 0. The van der Waals surface area contributed by atoms with Gasteiger partial charge in [-0.2, -0.15) is 4.39 Å². The SMILES string of the molecule is CCOCC(Nc1cccc(F)c1[N+](=O)[O-])C(C)C. The van der Waals surface area contributed by atoms with Crippen molar-refractivity contribution in [3.63, 3.8) is 0 Å². The summed E-state index contributed by atoms with van der Waals surface area (Å²) < 4.78 is 18.8. The minimum Gasteiger partial charge on any atom is -0.380 e. The zero-order valence-corrected chi connectivity index (χ0v) is 11.4. The molecule has 0 aliphatic carbocycles. The van der Waals surface area contributed by atoms with Gasteiger partial charge in [0.25, 0.3) is 0 Å². The Morgan fingerprint density at radius 3 is 2.68 bits per heavy atom. The van der Waals surface area contributed by atoms with E-state index in [0.29, 0.717) is 13.2 Å². The van der Waals surface area contributed by atoms with Gasteiger partial charge in [-0.15, -0.1) is 0 Å². The Morgan fingerprint density at radius 1 is 1.47 bits per heavy atom. The number of nitrogens with one attached hydrogen (secondary N) is 1. The maximum atomic E-state index is 13.5. The number of hydrogen-bond acceptors (Lipinski definition) is 4. The summed E-state index contributed by atoms with van der Waals surface area (Å²) in [7, 11) is 0. The highest BCUT2D eigenvalue weighted by Gasteiger charge is 2.23. The minimum absolute atomic E-state index is 0.111. The lowest BCUT2D eigenvalue weighted by atomic mass is 10.0. The van der Waals surface area contributed by atoms with Crippen LogP contribution < -0.4 is 5.32 Å². The standard InChI is InChI=1S/C13H19FN2O3/c1-4-19-8-12(9(2)3)15-11-7-5-6-10(14)13(11)16(17)18/h5-7,9,12,15H,4,8H2,1-3H3. The highest BCUT2D eigenvalue weighted by atomic mass is 19.1. The molecule has 1 aromatic rings. The van der Waals surface area contributed by atoms with Gasteiger partial charge in [-0.05, 0) is 25.0 Å². The Morgan fingerprint density at radius 2 is 2.16 bits per heavy atom. The molecule has 1 rings (SSSR count). The van der Waals surface area contributed by atoms with Crippen LogP contribution in [-0.4, -0.2) is 24.2 Å². The van der Waals surface area contributed by atoms with E-state index in [9.17, 15) is 14.5 Å². The van der Waals surface area contributed by atoms with Crippen LogP contribution >= 0.6 is 0 Å². The lowest BCUT2D eigenvalue weighted by Gasteiger charge is -2.23. The molecule has 0 heterocycles. The highest BCUT2D eigenvalue weighted by molar-refractivity contribution is 5.62. The zero-order valence-electron chi connectivity index (χ0n) is 11.4. The first-order chi connectivity index (χ1) is 8.97. The lowest BCUT2D eigenvalue weighted by molar-refractivity contribution is -0.386. The van der Waals surface area contributed by atoms with Crippen molar-refractivity contribution in [3.8, 4) is 0 Å². The first kappa shape index (κ1) is 15.4. The molecule has 0 aliphatic rings. The predicted octanol–water partition coefficient (Wildman–Crippen LogP) is 3.21. The Balaban J connectivity index is 2.96. The summed E-state index contributed by atoms with van der Waals surface area (Å²) in [5, 5.41) is 13.9.